The molecule has 1 amide bonds. The quantitative estimate of drug-likeness (QED) is 0.834. The molecule has 0 atom stereocenters. The molecule has 1 heterocycles. The van der Waals surface area contributed by atoms with Gasteiger partial charge in [-0.05, 0) is 0 Å². The van der Waals surface area contributed by atoms with Gasteiger partial charge < -0.3 is 4.74 Å². The summed E-state index contributed by atoms with van der Waals surface area (Å²) in [6, 6.07) is 0. The fraction of sp³-hybridized carbons (Fsp3) is 0.400. The van der Waals surface area contributed by atoms with Crippen molar-refractivity contribution in [3.8, 4) is 0 Å². The molecule has 0 aromatic carbocycles. The highest BCUT2D eigenvalue weighted by Crippen LogP contribution is 2.15. The molecule has 14 heavy (non-hydrogen) atoms. The number of anilines is 1. The summed E-state index contributed by atoms with van der Waals surface area (Å²) in [6.07, 6.45) is -4.52. The van der Waals surface area contributed by atoms with Gasteiger partial charge in [-0.15, -0.1) is 5.10 Å². The predicted molar refractivity (Wildman–Crippen MR) is 40.9 cm³/mol. The number of aromatic nitrogens is 2. The first-order valence-corrected chi connectivity index (χ1v) is 4.02. The summed E-state index contributed by atoms with van der Waals surface area (Å²) in [5, 5.41) is 5.61. The first kappa shape index (κ1) is 10.7. The van der Waals surface area contributed by atoms with Gasteiger partial charge in [-0.1, -0.05) is 4.49 Å². The minimum Gasteiger partial charge on any atom is -0.440 e. The van der Waals surface area contributed by atoms with Crippen LogP contribution >= 0.6 is 11.5 Å². The Morgan fingerprint density at radius 3 is 2.86 bits per heavy atom. The fourth-order valence-corrected chi connectivity index (χ4v) is 0.912. The summed E-state index contributed by atoms with van der Waals surface area (Å²) >= 11 is 0.830. The van der Waals surface area contributed by atoms with Crippen LogP contribution in [-0.2, 0) is 4.74 Å². The molecule has 5 nitrogen and oxygen atoms in total. The lowest BCUT2D eigenvalue weighted by molar-refractivity contribution is -0.159. The highest BCUT2D eigenvalue weighted by atomic mass is 32.1. The molecule has 78 valence electrons. The zero-order chi connectivity index (χ0) is 10.6. The number of rotatable bonds is 2. The molecule has 1 rings (SSSR count). The third-order valence-electron chi connectivity index (χ3n) is 0.953. The van der Waals surface area contributed by atoms with Crippen molar-refractivity contribution < 1.29 is 22.7 Å². The Morgan fingerprint density at radius 1 is 1.64 bits per heavy atom. The number of nitrogens with one attached hydrogen (secondary N) is 1. The van der Waals surface area contributed by atoms with Crippen molar-refractivity contribution in [2.45, 2.75) is 6.18 Å². The minimum atomic E-state index is -4.52. The lowest BCUT2D eigenvalue weighted by Gasteiger charge is -2.07. The van der Waals surface area contributed by atoms with Crippen molar-refractivity contribution in [2.24, 2.45) is 0 Å². The Kier molecular flexibility index (Phi) is 3.23. The minimum absolute atomic E-state index is 0.220. The van der Waals surface area contributed by atoms with E-state index in [1.807, 2.05) is 5.32 Å². The number of nitrogens with zero attached hydrogens (tertiary/aromatic N) is 2. The number of amides is 1. The van der Waals surface area contributed by atoms with Gasteiger partial charge in [-0.2, -0.15) is 13.2 Å². The molecule has 9 heteroatoms. The van der Waals surface area contributed by atoms with E-state index in [2.05, 4.69) is 14.3 Å². The van der Waals surface area contributed by atoms with Crippen molar-refractivity contribution in [3.63, 3.8) is 0 Å². The van der Waals surface area contributed by atoms with E-state index in [0.29, 0.717) is 0 Å². The number of carbonyl (C=O) groups is 1. The summed E-state index contributed by atoms with van der Waals surface area (Å²) in [5.74, 6) is 0. The van der Waals surface area contributed by atoms with Gasteiger partial charge in [0, 0.05) is 11.5 Å². The van der Waals surface area contributed by atoms with Crippen molar-refractivity contribution in [2.75, 3.05) is 11.9 Å². The van der Waals surface area contributed by atoms with E-state index in [9.17, 15) is 18.0 Å². The smallest absolute Gasteiger partial charge is 0.422 e. The Hall–Kier alpha value is -1.38. The first-order valence-electron chi connectivity index (χ1n) is 3.25. The fourth-order valence-electron chi connectivity index (χ4n) is 0.506. The Balaban J connectivity index is 2.30. The van der Waals surface area contributed by atoms with E-state index in [4.69, 9.17) is 0 Å². The molecule has 0 bridgehead atoms. The van der Waals surface area contributed by atoms with Crippen LogP contribution in [0.5, 0.6) is 0 Å². The highest BCUT2D eigenvalue weighted by molar-refractivity contribution is 7.10. The first-order chi connectivity index (χ1) is 6.47. The van der Waals surface area contributed by atoms with Crippen LogP contribution < -0.4 is 5.32 Å². The largest absolute Gasteiger partial charge is 0.440 e. The lowest BCUT2D eigenvalue weighted by Crippen LogP contribution is -2.23. The van der Waals surface area contributed by atoms with Gasteiger partial charge in [-0.25, -0.2) is 4.79 Å². The zero-order valence-electron chi connectivity index (χ0n) is 6.54. The Bertz CT molecular complexity index is 300. The Morgan fingerprint density at radius 2 is 2.36 bits per heavy atom. The van der Waals surface area contributed by atoms with E-state index >= 15 is 0 Å². The number of halogens is 3. The third-order valence-corrected chi connectivity index (χ3v) is 1.53. The van der Waals surface area contributed by atoms with Crippen molar-refractivity contribution in [3.05, 3.63) is 6.20 Å². The molecule has 1 aromatic heterocycles. The molecule has 0 saturated carbocycles. The van der Waals surface area contributed by atoms with Gasteiger partial charge in [0.1, 0.15) is 5.00 Å². The molecular formula is C5H4F3N3O2S. The van der Waals surface area contributed by atoms with Gasteiger partial charge in [0.25, 0.3) is 0 Å². The van der Waals surface area contributed by atoms with E-state index < -0.39 is 18.9 Å². The van der Waals surface area contributed by atoms with Crippen LogP contribution in [0.3, 0.4) is 0 Å². The average Bonchev–Trinajstić information content (AvgIpc) is 2.52. The van der Waals surface area contributed by atoms with Crippen LogP contribution in [0.15, 0.2) is 6.20 Å². The van der Waals surface area contributed by atoms with Crippen molar-refractivity contribution in [1.82, 2.24) is 9.59 Å². The number of alkyl halides is 3. The van der Waals surface area contributed by atoms with Gasteiger partial charge >= 0.3 is 12.3 Å². The molecule has 0 spiro atoms. The van der Waals surface area contributed by atoms with Crippen LogP contribution in [-0.4, -0.2) is 28.5 Å². The maximum Gasteiger partial charge on any atom is 0.422 e. The predicted octanol–water partition coefficient (Wildman–Crippen LogP) is 1.65. The third kappa shape index (κ3) is 4.03. The second kappa shape index (κ2) is 4.22. The molecule has 0 fully saturated rings. The summed E-state index contributed by atoms with van der Waals surface area (Å²) in [6.45, 7) is -1.62. The van der Waals surface area contributed by atoms with E-state index in [1.165, 1.54) is 6.20 Å². The molecule has 0 aliphatic rings. The summed E-state index contributed by atoms with van der Waals surface area (Å²) in [5.41, 5.74) is 0. The Labute approximate surface area is 80.0 Å². The van der Waals surface area contributed by atoms with Gasteiger partial charge in [0.05, 0.1) is 6.20 Å². The maximum atomic E-state index is 11.6. The van der Waals surface area contributed by atoms with Gasteiger partial charge in [0.2, 0.25) is 0 Å². The molecule has 0 aliphatic heterocycles. The van der Waals surface area contributed by atoms with Crippen LogP contribution in [0.25, 0.3) is 0 Å². The SMILES string of the molecule is O=C(Nc1cnns1)OCC(F)(F)F. The highest BCUT2D eigenvalue weighted by Gasteiger charge is 2.29. The topological polar surface area (TPSA) is 64.1 Å². The van der Waals surface area contributed by atoms with Gasteiger partial charge in [0.15, 0.2) is 6.61 Å². The molecule has 0 saturated heterocycles. The summed E-state index contributed by atoms with van der Waals surface area (Å²) in [7, 11) is 0. The average molecular weight is 227 g/mol. The number of hydrogen-bond donors (Lipinski definition) is 1. The molecule has 1 aromatic rings. The standard InChI is InChI=1S/C5H4F3N3O2S/c6-5(7,8)2-13-4(12)10-3-1-9-11-14-3/h1H,2H2,(H,10,12). The molecule has 0 aliphatic carbocycles. The second-order valence-corrected chi connectivity index (χ2v) is 2.88. The second-order valence-electron chi connectivity index (χ2n) is 2.10. The van der Waals surface area contributed by atoms with Crippen LogP contribution in [0.2, 0.25) is 0 Å². The van der Waals surface area contributed by atoms with Crippen LogP contribution in [0, 0.1) is 0 Å². The van der Waals surface area contributed by atoms with Crippen LogP contribution in [0.1, 0.15) is 0 Å². The molecule has 1 N–H and O–H groups in total. The van der Waals surface area contributed by atoms with E-state index in [0.717, 1.165) is 11.5 Å². The lowest BCUT2D eigenvalue weighted by atomic mass is 10.7. The molecular weight excluding hydrogens is 223 g/mol. The number of carbonyl (C=O) groups excluding carboxylic acids is 1. The maximum absolute atomic E-state index is 11.6. The van der Waals surface area contributed by atoms with Crippen molar-refractivity contribution in [1.29, 1.82) is 0 Å². The zero-order valence-corrected chi connectivity index (χ0v) is 7.35. The monoisotopic (exact) mass is 227 g/mol. The van der Waals surface area contributed by atoms with Gasteiger partial charge in [-0.3, -0.25) is 5.32 Å². The number of ether oxygens (including phenoxy) is 1. The molecule has 0 unspecified atom stereocenters. The molecule has 0 radical (unpaired) electrons. The summed E-state index contributed by atoms with van der Waals surface area (Å²) in [4.78, 5) is 10.7. The summed E-state index contributed by atoms with van der Waals surface area (Å²) < 4.78 is 41.9. The number of hydrogen-bond acceptors (Lipinski definition) is 5. The normalized spacial score (nSPS) is 11.1. The van der Waals surface area contributed by atoms with Crippen LogP contribution in [0.4, 0.5) is 23.0 Å². The van der Waals surface area contributed by atoms with E-state index in [1.54, 1.807) is 0 Å². The van der Waals surface area contributed by atoms with Crippen molar-refractivity contribution >= 4 is 22.6 Å². The van der Waals surface area contributed by atoms with E-state index in [-0.39, 0.29) is 5.00 Å².